The van der Waals surface area contributed by atoms with Crippen LogP contribution in [0.2, 0.25) is 0 Å². The van der Waals surface area contributed by atoms with Crippen molar-refractivity contribution in [1.29, 1.82) is 0 Å². The van der Waals surface area contributed by atoms with Gasteiger partial charge in [0.2, 0.25) is 0 Å². The molecule has 0 radical (unpaired) electrons. The molecule has 2 aliphatic rings. The third-order valence-corrected chi connectivity index (χ3v) is 7.61. The Balaban J connectivity index is 0.000000771. The van der Waals surface area contributed by atoms with Crippen molar-refractivity contribution in [3.05, 3.63) is 56.0 Å². The van der Waals surface area contributed by atoms with Crippen LogP contribution in [0.25, 0.3) is 0 Å². The molecular formula is C27H39N3O8S. The van der Waals surface area contributed by atoms with E-state index in [0.717, 1.165) is 53.8 Å². The molecule has 4 rings (SSSR count). The van der Waals surface area contributed by atoms with Gasteiger partial charge in [-0.05, 0) is 90.7 Å². The number of fused-ring (bicyclic) bond motifs is 1. The lowest BCUT2D eigenvalue weighted by Crippen LogP contribution is -2.46. The fraction of sp³-hybridized carbons (Fsp3) is 0.556. The molecule has 0 bridgehead atoms. The zero-order chi connectivity index (χ0) is 29.3. The number of rotatable bonds is 5. The summed E-state index contributed by atoms with van der Waals surface area (Å²) in [5.41, 5.74) is 4.24. The molecule has 1 amide bonds. The highest BCUT2D eigenvalue weighted by Gasteiger charge is 2.47. The molecule has 11 nitrogen and oxygen atoms in total. The van der Waals surface area contributed by atoms with Crippen LogP contribution in [0.4, 0.5) is 0 Å². The number of carbonyl (C=O) groups is 1. The first-order valence-corrected chi connectivity index (χ1v) is 14.3. The number of nitrogens with one attached hydrogen (secondary N) is 2. The predicted molar refractivity (Wildman–Crippen MR) is 147 cm³/mol. The largest absolute Gasteiger partial charge is 0.448 e. The van der Waals surface area contributed by atoms with Crippen LogP contribution in [-0.4, -0.2) is 59.2 Å². The first-order chi connectivity index (χ1) is 18.0. The Morgan fingerprint density at radius 2 is 1.62 bits per heavy atom. The van der Waals surface area contributed by atoms with Gasteiger partial charge in [0, 0.05) is 47.8 Å². The van der Waals surface area contributed by atoms with Gasteiger partial charge in [0.15, 0.2) is 11.5 Å². The SMILES string of the molecule is Cc1cc(C)c(CNC(=O)c2cc(C)c3c(c2C)O[C@@](C)(C2CCC(N(C)C)CC2)O3)c(=O)[nH]1.O=S(=O)(O)O. The highest BCUT2D eigenvalue weighted by Crippen LogP contribution is 2.50. The molecule has 0 spiro atoms. The smallest absolute Gasteiger partial charge is 0.394 e. The van der Waals surface area contributed by atoms with E-state index >= 15 is 0 Å². The summed E-state index contributed by atoms with van der Waals surface area (Å²) in [6, 6.07) is 4.37. The molecular weight excluding hydrogens is 526 g/mol. The summed E-state index contributed by atoms with van der Waals surface area (Å²) < 4.78 is 44.5. The molecule has 2 aromatic rings. The molecule has 1 aromatic heterocycles. The fourth-order valence-corrected chi connectivity index (χ4v) is 5.42. The van der Waals surface area contributed by atoms with Crippen molar-refractivity contribution in [3.8, 4) is 11.5 Å². The van der Waals surface area contributed by atoms with Gasteiger partial charge >= 0.3 is 10.4 Å². The van der Waals surface area contributed by atoms with Crippen molar-refractivity contribution in [2.75, 3.05) is 14.1 Å². The van der Waals surface area contributed by atoms with E-state index in [0.29, 0.717) is 28.8 Å². The van der Waals surface area contributed by atoms with Crippen LogP contribution >= 0.6 is 0 Å². The number of carbonyl (C=O) groups excluding carboxylic acids is 1. The summed E-state index contributed by atoms with van der Waals surface area (Å²) in [4.78, 5) is 30.5. The first kappa shape index (κ1) is 30.6. The lowest BCUT2D eigenvalue weighted by Gasteiger charge is -2.39. The van der Waals surface area contributed by atoms with Crippen LogP contribution in [0.15, 0.2) is 16.9 Å². The van der Waals surface area contributed by atoms with Crippen LogP contribution < -0.4 is 20.3 Å². The maximum Gasteiger partial charge on any atom is 0.394 e. The van der Waals surface area contributed by atoms with Gasteiger partial charge in [-0.15, -0.1) is 0 Å². The number of aryl methyl sites for hydroxylation is 3. The van der Waals surface area contributed by atoms with E-state index in [1.54, 1.807) is 0 Å². The van der Waals surface area contributed by atoms with Gasteiger partial charge in [-0.1, -0.05) is 0 Å². The molecule has 12 heteroatoms. The number of hydrogen-bond acceptors (Lipinski definition) is 7. The molecule has 1 aliphatic carbocycles. The fourth-order valence-electron chi connectivity index (χ4n) is 5.42. The molecule has 1 saturated carbocycles. The second-order valence-corrected chi connectivity index (χ2v) is 11.7. The van der Waals surface area contributed by atoms with Crippen molar-refractivity contribution >= 4 is 16.3 Å². The third-order valence-electron chi connectivity index (χ3n) is 7.61. The van der Waals surface area contributed by atoms with Gasteiger partial charge < -0.3 is 24.7 Å². The third kappa shape index (κ3) is 7.38. The van der Waals surface area contributed by atoms with E-state index in [1.165, 1.54) is 0 Å². The number of benzene rings is 1. The topological polar surface area (TPSA) is 158 Å². The van der Waals surface area contributed by atoms with Gasteiger partial charge in [-0.2, -0.15) is 8.42 Å². The number of hydrogen-bond donors (Lipinski definition) is 4. The monoisotopic (exact) mass is 565 g/mol. The number of H-pyrrole nitrogens is 1. The molecule has 1 atom stereocenters. The Morgan fingerprint density at radius 1 is 1.05 bits per heavy atom. The predicted octanol–water partition coefficient (Wildman–Crippen LogP) is 3.49. The number of aromatic amines is 1. The molecule has 2 heterocycles. The second kappa shape index (κ2) is 11.7. The zero-order valence-corrected chi connectivity index (χ0v) is 24.4. The van der Waals surface area contributed by atoms with Crippen molar-refractivity contribution in [3.63, 3.8) is 0 Å². The quantitative estimate of drug-likeness (QED) is 0.398. The van der Waals surface area contributed by atoms with Crippen molar-refractivity contribution in [2.45, 2.75) is 78.7 Å². The molecule has 0 unspecified atom stereocenters. The van der Waals surface area contributed by atoms with Gasteiger partial charge in [-0.3, -0.25) is 18.7 Å². The molecule has 39 heavy (non-hydrogen) atoms. The minimum atomic E-state index is -4.67. The van der Waals surface area contributed by atoms with E-state index in [4.69, 9.17) is 27.0 Å². The number of nitrogens with zero attached hydrogens (tertiary/aromatic N) is 1. The van der Waals surface area contributed by atoms with Crippen LogP contribution in [0, 0.1) is 33.6 Å². The zero-order valence-electron chi connectivity index (χ0n) is 23.5. The summed E-state index contributed by atoms with van der Waals surface area (Å²) in [5.74, 6) is 0.732. The van der Waals surface area contributed by atoms with Crippen LogP contribution in [0.3, 0.4) is 0 Å². The molecule has 1 aromatic carbocycles. The maximum absolute atomic E-state index is 13.1. The van der Waals surface area contributed by atoms with Gasteiger partial charge in [0.1, 0.15) is 0 Å². The van der Waals surface area contributed by atoms with Crippen LogP contribution in [-0.2, 0) is 16.9 Å². The van der Waals surface area contributed by atoms with Gasteiger partial charge in [0.25, 0.3) is 17.3 Å². The van der Waals surface area contributed by atoms with Crippen LogP contribution in [0.5, 0.6) is 11.5 Å². The molecule has 4 N–H and O–H groups in total. The van der Waals surface area contributed by atoms with Gasteiger partial charge in [-0.25, -0.2) is 0 Å². The van der Waals surface area contributed by atoms with E-state index in [9.17, 15) is 9.59 Å². The second-order valence-electron chi connectivity index (χ2n) is 10.8. The maximum atomic E-state index is 13.1. The van der Waals surface area contributed by atoms with Crippen molar-refractivity contribution in [1.82, 2.24) is 15.2 Å². The van der Waals surface area contributed by atoms with E-state index in [1.807, 2.05) is 46.8 Å². The minimum absolute atomic E-state index is 0.167. The minimum Gasteiger partial charge on any atom is -0.448 e. The number of aromatic nitrogens is 1. The summed E-state index contributed by atoms with van der Waals surface area (Å²) in [5, 5.41) is 2.92. The Kier molecular flexibility index (Phi) is 9.16. The normalized spacial score (nSPS) is 22.3. The highest BCUT2D eigenvalue weighted by atomic mass is 32.3. The van der Waals surface area contributed by atoms with E-state index < -0.39 is 16.2 Å². The Morgan fingerprint density at radius 3 is 2.15 bits per heavy atom. The Hall–Kier alpha value is -2.93. The lowest BCUT2D eigenvalue weighted by molar-refractivity contribution is -0.123. The molecule has 1 fully saturated rings. The number of amides is 1. The van der Waals surface area contributed by atoms with E-state index in [2.05, 4.69) is 29.3 Å². The van der Waals surface area contributed by atoms with Crippen LogP contribution in [0.1, 0.15) is 70.9 Å². The molecule has 1 aliphatic heterocycles. The van der Waals surface area contributed by atoms with Crippen molar-refractivity contribution < 1.29 is 31.8 Å². The number of pyridine rings is 1. The van der Waals surface area contributed by atoms with Gasteiger partial charge in [0.05, 0.1) is 0 Å². The molecule has 216 valence electrons. The average Bonchev–Trinajstić information content (AvgIpc) is 3.19. The van der Waals surface area contributed by atoms with Crippen molar-refractivity contribution in [2.24, 2.45) is 5.92 Å². The first-order valence-electron chi connectivity index (χ1n) is 12.9. The number of ether oxygens (including phenoxy) is 2. The summed E-state index contributed by atoms with van der Waals surface area (Å²) in [7, 11) is -0.388. The highest BCUT2D eigenvalue weighted by molar-refractivity contribution is 7.79. The molecule has 0 saturated heterocycles. The Labute approximate surface area is 229 Å². The lowest BCUT2D eigenvalue weighted by atomic mass is 9.81. The summed E-state index contributed by atoms with van der Waals surface area (Å²) >= 11 is 0. The standard InChI is InChI=1S/C27H37N3O4.H2O4S/c1-15-12-17(3)29-26(32)22(15)14-28-25(31)21-13-16(2)23-24(18(21)4)34-27(5,33-23)19-8-10-20(11-9-19)30(6)7;1-5(2,3)4/h12-13,19-20H,8-11,14H2,1-7H3,(H,28,31)(H,29,32);(H2,1,2,3,4)/t19?,20?,27-;/m0./s1. The van der Waals surface area contributed by atoms with E-state index in [-0.39, 0.29) is 18.0 Å². The summed E-state index contributed by atoms with van der Waals surface area (Å²) in [6.07, 6.45) is 4.34. The average molecular weight is 566 g/mol. The Bertz CT molecular complexity index is 1390. The summed E-state index contributed by atoms with van der Waals surface area (Å²) in [6.45, 7) is 9.76.